The zero-order valence-corrected chi connectivity index (χ0v) is 11.7. The second kappa shape index (κ2) is 5.75. The standard InChI is InChI=1S/C14H20N2O4/c1-10(2)9-20-8-7-16-12(18)14(5-3-4-6-14)11(17)15-13(16)19/h1,3-9H2,2H3,(H,15,17,19). The van der Waals surface area contributed by atoms with Crippen molar-refractivity contribution in [1.82, 2.24) is 10.2 Å². The fourth-order valence-electron chi connectivity index (χ4n) is 2.76. The fraction of sp³-hybridized carbons (Fsp3) is 0.643. The van der Waals surface area contributed by atoms with Gasteiger partial charge in [0.25, 0.3) is 0 Å². The highest BCUT2D eigenvalue weighted by atomic mass is 16.5. The van der Waals surface area contributed by atoms with Crippen LogP contribution in [0.3, 0.4) is 0 Å². The number of nitrogens with zero attached hydrogens (tertiary/aromatic N) is 1. The first-order valence-corrected chi connectivity index (χ1v) is 6.87. The van der Waals surface area contributed by atoms with E-state index in [1.807, 2.05) is 6.92 Å². The smallest absolute Gasteiger partial charge is 0.330 e. The minimum Gasteiger partial charge on any atom is -0.375 e. The predicted octanol–water partition coefficient (Wildman–Crippen LogP) is 1.22. The molecule has 1 saturated carbocycles. The summed E-state index contributed by atoms with van der Waals surface area (Å²) in [7, 11) is 0. The number of carbonyl (C=O) groups excluding carboxylic acids is 3. The van der Waals surface area contributed by atoms with Crippen LogP contribution in [0.1, 0.15) is 32.6 Å². The van der Waals surface area contributed by atoms with Crippen LogP contribution in [-0.2, 0) is 14.3 Å². The van der Waals surface area contributed by atoms with E-state index in [0.29, 0.717) is 19.4 Å². The second-order valence-electron chi connectivity index (χ2n) is 5.51. The normalized spacial score (nSPS) is 21.4. The summed E-state index contributed by atoms with van der Waals surface area (Å²) in [6.07, 6.45) is 2.73. The van der Waals surface area contributed by atoms with Crippen LogP contribution in [-0.4, -0.2) is 42.5 Å². The SMILES string of the molecule is C=C(C)COCCN1C(=O)NC(=O)C2(CCCC2)C1=O. The van der Waals surface area contributed by atoms with Crippen molar-refractivity contribution < 1.29 is 19.1 Å². The molecule has 0 atom stereocenters. The molecule has 2 aliphatic rings. The summed E-state index contributed by atoms with van der Waals surface area (Å²) < 4.78 is 5.31. The Morgan fingerprint density at radius 1 is 1.35 bits per heavy atom. The predicted molar refractivity (Wildman–Crippen MR) is 71.8 cm³/mol. The van der Waals surface area contributed by atoms with Gasteiger partial charge in [0.1, 0.15) is 5.41 Å². The van der Waals surface area contributed by atoms with Crippen LogP contribution in [0.5, 0.6) is 0 Å². The molecule has 2 fully saturated rings. The van der Waals surface area contributed by atoms with E-state index in [1.54, 1.807) is 0 Å². The molecule has 0 unspecified atom stereocenters. The van der Waals surface area contributed by atoms with Crippen LogP contribution in [0.4, 0.5) is 4.79 Å². The number of urea groups is 1. The summed E-state index contributed by atoms with van der Waals surface area (Å²) in [4.78, 5) is 37.3. The highest BCUT2D eigenvalue weighted by Gasteiger charge is 2.54. The van der Waals surface area contributed by atoms with E-state index >= 15 is 0 Å². The maximum Gasteiger partial charge on any atom is 0.330 e. The third kappa shape index (κ3) is 2.60. The van der Waals surface area contributed by atoms with Gasteiger partial charge in [0, 0.05) is 0 Å². The average molecular weight is 280 g/mol. The van der Waals surface area contributed by atoms with Crippen molar-refractivity contribution in [1.29, 1.82) is 0 Å². The van der Waals surface area contributed by atoms with Gasteiger partial charge in [-0.15, -0.1) is 0 Å². The molecule has 110 valence electrons. The van der Waals surface area contributed by atoms with E-state index in [-0.39, 0.29) is 19.1 Å². The molecule has 1 spiro atoms. The third-order valence-corrected chi connectivity index (χ3v) is 3.82. The monoisotopic (exact) mass is 280 g/mol. The molecule has 0 aromatic rings. The van der Waals surface area contributed by atoms with Crippen molar-refractivity contribution in [2.45, 2.75) is 32.6 Å². The van der Waals surface area contributed by atoms with Gasteiger partial charge in [-0.25, -0.2) is 4.79 Å². The topological polar surface area (TPSA) is 75.7 Å². The molecule has 0 aromatic carbocycles. The van der Waals surface area contributed by atoms with Crippen LogP contribution >= 0.6 is 0 Å². The molecule has 0 aromatic heterocycles. The molecule has 1 heterocycles. The summed E-state index contributed by atoms with van der Waals surface area (Å²) >= 11 is 0. The molecular formula is C14H20N2O4. The Morgan fingerprint density at radius 2 is 2.00 bits per heavy atom. The zero-order chi connectivity index (χ0) is 14.8. The first-order valence-electron chi connectivity index (χ1n) is 6.87. The minimum absolute atomic E-state index is 0.160. The molecule has 4 amide bonds. The summed E-state index contributed by atoms with van der Waals surface area (Å²) in [5.41, 5.74) is -0.149. The van der Waals surface area contributed by atoms with Crippen molar-refractivity contribution in [3.05, 3.63) is 12.2 Å². The van der Waals surface area contributed by atoms with Crippen molar-refractivity contribution in [3.8, 4) is 0 Å². The molecule has 1 N–H and O–H groups in total. The fourth-order valence-corrected chi connectivity index (χ4v) is 2.76. The number of hydrogen-bond donors (Lipinski definition) is 1. The maximum absolute atomic E-state index is 12.5. The Labute approximate surface area is 118 Å². The van der Waals surface area contributed by atoms with Crippen molar-refractivity contribution in [2.75, 3.05) is 19.8 Å². The third-order valence-electron chi connectivity index (χ3n) is 3.82. The Balaban J connectivity index is 2.01. The van der Waals surface area contributed by atoms with Crippen molar-refractivity contribution >= 4 is 17.8 Å². The highest BCUT2D eigenvalue weighted by molar-refractivity contribution is 6.19. The number of ether oxygens (including phenoxy) is 1. The lowest BCUT2D eigenvalue weighted by Gasteiger charge is -2.36. The number of nitrogens with one attached hydrogen (secondary N) is 1. The molecule has 1 aliphatic heterocycles. The number of imide groups is 2. The second-order valence-corrected chi connectivity index (χ2v) is 5.51. The average Bonchev–Trinajstić information content (AvgIpc) is 2.86. The van der Waals surface area contributed by atoms with E-state index in [0.717, 1.165) is 23.3 Å². The largest absolute Gasteiger partial charge is 0.375 e. The molecular weight excluding hydrogens is 260 g/mol. The van der Waals surface area contributed by atoms with Gasteiger partial charge < -0.3 is 4.74 Å². The van der Waals surface area contributed by atoms with Gasteiger partial charge in [-0.05, 0) is 19.8 Å². The first-order chi connectivity index (χ1) is 9.47. The van der Waals surface area contributed by atoms with E-state index in [1.165, 1.54) is 0 Å². The number of carbonyl (C=O) groups is 3. The van der Waals surface area contributed by atoms with Gasteiger partial charge in [-0.2, -0.15) is 0 Å². The summed E-state index contributed by atoms with van der Waals surface area (Å²) in [6, 6.07) is -0.642. The van der Waals surface area contributed by atoms with Crippen LogP contribution in [0.25, 0.3) is 0 Å². The lowest BCUT2D eigenvalue weighted by Crippen LogP contribution is -2.63. The molecule has 1 aliphatic carbocycles. The van der Waals surface area contributed by atoms with Gasteiger partial charge in [0.05, 0.1) is 19.8 Å². The van der Waals surface area contributed by atoms with Crippen LogP contribution in [0.2, 0.25) is 0 Å². The van der Waals surface area contributed by atoms with Crippen LogP contribution in [0.15, 0.2) is 12.2 Å². The van der Waals surface area contributed by atoms with Crippen molar-refractivity contribution in [3.63, 3.8) is 0 Å². The summed E-state index contributed by atoms with van der Waals surface area (Å²) in [5.74, 6) is -0.813. The van der Waals surface area contributed by atoms with Crippen molar-refractivity contribution in [2.24, 2.45) is 5.41 Å². The Bertz CT molecular complexity index is 452. The quantitative estimate of drug-likeness (QED) is 0.467. The van der Waals surface area contributed by atoms with Gasteiger partial charge in [-0.3, -0.25) is 19.8 Å². The maximum atomic E-state index is 12.5. The first kappa shape index (κ1) is 14.7. The van der Waals surface area contributed by atoms with E-state index in [4.69, 9.17) is 4.74 Å². The van der Waals surface area contributed by atoms with Crippen LogP contribution in [0, 0.1) is 5.41 Å². The van der Waals surface area contributed by atoms with Gasteiger partial charge in [0.15, 0.2) is 0 Å². The molecule has 0 radical (unpaired) electrons. The highest BCUT2D eigenvalue weighted by Crippen LogP contribution is 2.41. The minimum atomic E-state index is -1.03. The van der Waals surface area contributed by atoms with Crippen LogP contribution < -0.4 is 5.32 Å². The number of rotatable bonds is 5. The van der Waals surface area contributed by atoms with Gasteiger partial charge in [-0.1, -0.05) is 25.0 Å². The Hall–Kier alpha value is -1.69. The van der Waals surface area contributed by atoms with E-state index < -0.39 is 17.4 Å². The molecule has 0 bridgehead atoms. The lowest BCUT2D eigenvalue weighted by molar-refractivity contribution is -0.151. The number of hydrogen-bond acceptors (Lipinski definition) is 4. The molecule has 6 heteroatoms. The number of barbiturate groups is 1. The van der Waals surface area contributed by atoms with E-state index in [9.17, 15) is 14.4 Å². The molecule has 20 heavy (non-hydrogen) atoms. The van der Waals surface area contributed by atoms with Gasteiger partial charge >= 0.3 is 6.03 Å². The summed E-state index contributed by atoms with van der Waals surface area (Å²) in [5, 5.41) is 2.30. The zero-order valence-electron chi connectivity index (χ0n) is 11.7. The van der Waals surface area contributed by atoms with Gasteiger partial charge in [0.2, 0.25) is 11.8 Å². The number of amides is 4. The van der Waals surface area contributed by atoms with E-state index in [2.05, 4.69) is 11.9 Å². The molecule has 6 nitrogen and oxygen atoms in total. The summed E-state index contributed by atoms with van der Waals surface area (Å²) in [6.45, 7) is 6.35. The lowest BCUT2D eigenvalue weighted by atomic mass is 9.82. The molecule has 2 rings (SSSR count). The Morgan fingerprint density at radius 3 is 2.60 bits per heavy atom. The Kier molecular flexibility index (Phi) is 4.23. The molecule has 1 saturated heterocycles.